The van der Waals surface area contributed by atoms with Crippen LogP contribution >= 0.6 is 0 Å². The molecule has 1 fully saturated rings. The second-order valence-corrected chi connectivity index (χ2v) is 7.77. The van der Waals surface area contributed by atoms with E-state index in [0.717, 1.165) is 24.2 Å². The van der Waals surface area contributed by atoms with Gasteiger partial charge in [0.25, 0.3) is 0 Å². The van der Waals surface area contributed by atoms with Gasteiger partial charge in [-0.05, 0) is 62.8 Å². The van der Waals surface area contributed by atoms with Crippen LogP contribution in [0.1, 0.15) is 51.8 Å². The highest BCUT2D eigenvalue weighted by molar-refractivity contribution is 5.88. The van der Waals surface area contributed by atoms with Gasteiger partial charge in [-0.1, -0.05) is 12.1 Å². The summed E-state index contributed by atoms with van der Waals surface area (Å²) in [5.74, 6) is 1.55. The Morgan fingerprint density at radius 1 is 1.23 bits per heavy atom. The monoisotopic (exact) mass is 415 g/mol. The molecule has 8 nitrogen and oxygen atoms in total. The Morgan fingerprint density at radius 3 is 2.57 bits per heavy atom. The normalized spacial score (nSPS) is 21.1. The maximum absolute atomic E-state index is 12.5. The maximum atomic E-state index is 12.5. The predicted molar refractivity (Wildman–Crippen MR) is 110 cm³/mol. The molecule has 0 aliphatic heterocycles. The van der Waals surface area contributed by atoms with E-state index in [1.54, 1.807) is 0 Å². The number of nitrogens with one attached hydrogen (secondary N) is 1. The number of carbonyl (C=O) groups excluding carboxylic acids is 2. The average Bonchev–Trinajstić information content (AvgIpc) is 3.23. The quantitative estimate of drug-likeness (QED) is 0.660. The van der Waals surface area contributed by atoms with Gasteiger partial charge >= 0.3 is 5.97 Å². The van der Waals surface area contributed by atoms with E-state index in [-0.39, 0.29) is 18.3 Å². The number of benzene rings is 1. The lowest BCUT2D eigenvalue weighted by Crippen LogP contribution is -2.56. The molecular formula is C22H29N3O5. The summed E-state index contributed by atoms with van der Waals surface area (Å²) < 4.78 is 15.7. The standard InChI is InChI=1S/C22H29N3O5/c1-4-29-17-7-5-16(6-8-17)20-23-19(30-25-20)10-9-18(26)24-22(21(27)28-3)13-11-15(2)12-14-22/h5-8,15H,4,9-14H2,1-3H3,(H,24,26). The summed E-state index contributed by atoms with van der Waals surface area (Å²) in [6.07, 6.45) is 3.39. The van der Waals surface area contributed by atoms with Gasteiger partial charge in [0.2, 0.25) is 17.6 Å². The fourth-order valence-electron chi connectivity index (χ4n) is 3.72. The first-order chi connectivity index (χ1) is 14.5. The lowest BCUT2D eigenvalue weighted by atomic mass is 9.77. The molecule has 0 saturated heterocycles. The van der Waals surface area contributed by atoms with E-state index in [1.807, 2.05) is 31.2 Å². The van der Waals surface area contributed by atoms with E-state index in [1.165, 1.54) is 7.11 Å². The second kappa shape index (κ2) is 9.73. The van der Waals surface area contributed by atoms with Crippen molar-refractivity contribution in [2.75, 3.05) is 13.7 Å². The molecule has 0 spiro atoms. The number of hydrogen-bond donors (Lipinski definition) is 1. The number of nitrogens with zero attached hydrogens (tertiary/aromatic N) is 2. The van der Waals surface area contributed by atoms with Gasteiger partial charge in [-0.3, -0.25) is 4.79 Å². The van der Waals surface area contributed by atoms with Crippen molar-refractivity contribution < 1.29 is 23.6 Å². The highest BCUT2D eigenvalue weighted by Crippen LogP contribution is 2.33. The van der Waals surface area contributed by atoms with Crippen LogP contribution < -0.4 is 10.1 Å². The van der Waals surface area contributed by atoms with Crippen LogP contribution in [0, 0.1) is 5.92 Å². The molecule has 1 heterocycles. The Hall–Kier alpha value is -2.90. The van der Waals surface area contributed by atoms with E-state index < -0.39 is 5.54 Å². The van der Waals surface area contributed by atoms with Gasteiger partial charge in [0.05, 0.1) is 13.7 Å². The molecule has 30 heavy (non-hydrogen) atoms. The largest absolute Gasteiger partial charge is 0.494 e. The molecular weight excluding hydrogens is 386 g/mol. The van der Waals surface area contributed by atoms with Gasteiger partial charge in [-0.2, -0.15) is 4.98 Å². The van der Waals surface area contributed by atoms with Crippen LogP contribution in [-0.4, -0.2) is 41.3 Å². The fourth-order valence-corrected chi connectivity index (χ4v) is 3.72. The Morgan fingerprint density at radius 2 is 1.93 bits per heavy atom. The third-order valence-corrected chi connectivity index (χ3v) is 5.54. The van der Waals surface area contributed by atoms with Crippen LogP contribution in [0.25, 0.3) is 11.4 Å². The number of methoxy groups -OCH3 is 1. The molecule has 1 N–H and O–H groups in total. The van der Waals surface area contributed by atoms with Crippen LogP contribution in [0.15, 0.2) is 28.8 Å². The SMILES string of the molecule is CCOc1ccc(-c2noc(CCC(=O)NC3(C(=O)OC)CCC(C)CC3)n2)cc1. The first-order valence-electron chi connectivity index (χ1n) is 10.4. The molecule has 1 aliphatic carbocycles. The highest BCUT2D eigenvalue weighted by atomic mass is 16.5. The summed E-state index contributed by atoms with van der Waals surface area (Å²) in [7, 11) is 1.36. The number of amides is 1. The molecule has 1 amide bonds. The number of rotatable bonds is 8. The van der Waals surface area contributed by atoms with Crippen molar-refractivity contribution in [1.29, 1.82) is 0 Å². The van der Waals surface area contributed by atoms with Gasteiger partial charge in [0.1, 0.15) is 11.3 Å². The Balaban J connectivity index is 1.57. The molecule has 1 aliphatic rings. The van der Waals surface area contributed by atoms with Gasteiger partial charge in [-0.25, -0.2) is 4.79 Å². The fraction of sp³-hybridized carbons (Fsp3) is 0.545. The minimum atomic E-state index is -0.930. The van der Waals surface area contributed by atoms with Gasteiger partial charge < -0.3 is 19.3 Å². The van der Waals surface area contributed by atoms with Crippen LogP contribution in [-0.2, 0) is 20.7 Å². The van der Waals surface area contributed by atoms with Gasteiger partial charge in [-0.15, -0.1) is 0 Å². The first kappa shape index (κ1) is 21.8. The third kappa shape index (κ3) is 5.17. The Kier molecular flexibility index (Phi) is 7.07. The van der Waals surface area contributed by atoms with Crippen LogP contribution in [0.5, 0.6) is 5.75 Å². The lowest BCUT2D eigenvalue weighted by molar-refractivity contribution is -0.153. The van der Waals surface area contributed by atoms with Crippen molar-refractivity contribution in [1.82, 2.24) is 15.5 Å². The van der Waals surface area contributed by atoms with Crippen LogP contribution in [0.2, 0.25) is 0 Å². The number of ether oxygens (including phenoxy) is 2. The average molecular weight is 415 g/mol. The van der Waals surface area contributed by atoms with Crippen molar-refractivity contribution in [3.05, 3.63) is 30.2 Å². The molecule has 1 saturated carbocycles. The van der Waals surface area contributed by atoms with E-state index >= 15 is 0 Å². The van der Waals surface area contributed by atoms with Crippen molar-refractivity contribution in [2.24, 2.45) is 5.92 Å². The van der Waals surface area contributed by atoms with Crippen molar-refractivity contribution in [3.63, 3.8) is 0 Å². The lowest BCUT2D eigenvalue weighted by Gasteiger charge is -2.37. The van der Waals surface area contributed by atoms with Crippen molar-refractivity contribution >= 4 is 11.9 Å². The minimum Gasteiger partial charge on any atom is -0.494 e. The minimum absolute atomic E-state index is 0.152. The van der Waals surface area contributed by atoms with E-state index in [0.29, 0.717) is 43.5 Å². The maximum Gasteiger partial charge on any atom is 0.331 e. The molecule has 2 aromatic rings. The summed E-state index contributed by atoms with van der Waals surface area (Å²) >= 11 is 0. The van der Waals surface area contributed by atoms with Crippen LogP contribution in [0.4, 0.5) is 0 Å². The molecule has 0 unspecified atom stereocenters. The van der Waals surface area contributed by atoms with Crippen molar-refractivity contribution in [2.45, 2.75) is 57.9 Å². The summed E-state index contributed by atoms with van der Waals surface area (Å²) in [5.41, 5.74) is -0.125. The first-order valence-corrected chi connectivity index (χ1v) is 10.4. The topological polar surface area (TPSA) is 104 Å². The Labute approximate surface area is 176 Å². The molecule has 0 atom stereocenters. The second-order valence-electron chi connectivity index (χ2n) is 7.77. The molecule has 1 aromatic heterocycles. The van der Waals surface area contributed by atoms with Crippen LogP contribution in [0.3, 0.4) is 0 Å². The summed E-state index contributed by atoms with van der Waals surface area (Å²) in [6, 6.07) is 7.41. The predicted octanol–water partition coefficient (Wildman–Crippen LogP) is 3.31. The number of carbonyl (C=O) groups is 2. The Bertz CT molecular complexity index is 854. The van der Waals surface area contributed by atoms with Gasteiger partial charge in [0.15, 0.2) is 0 Å². The molecule has 0 bridgehead atoms. The molecule has 3 rings (SSSR count). The molecule has 162 valence electrons. The van der Waals surface area contributed by atoms with Crippen molar-refractivity contribution in [3.8, 4) is 17.1 Å². The zero-order chi connectivity index (χ0) is 21.6. The highest BCUT2D eigenvalue weighted by Gasteiger charge is 2.43. The number of esters is 1. The number of aryl methyl sites for hydroxylation is 1. The molecule has 1 aromatic carbocycles. The van der Waals surface area contributed by atoms with E-state index in [4.69, 9.17) is 14.0 Å². The smallest absolute Gasteiger partial charge is 0.331 e. The summed E-state index contributed by atoms with van der Waals surface area (Å²) in [4.78, 5) is 29.3. The van der Waals surface area contributed by atoms with E-state index in [2.05, 4.69) is 22.4 Å². The summed E-state index contributed by atoms with van der Waals surface area (Å²) in [5, 5.41) is 6.90. The van der Waals surface area contributed by atoms with E-state index in [9.17, 15) is 9.59 Å². The molecule has 0 radical (unpaired) electrons. The number of hydrogen-bond acceptors (Lipinski definition) is 7. The molecule has 8 heteroatoms. The van der Waals surface area contributed by atoms with Gasteiger partial charge in [0, 0.05) is 18.4 Å². The number of aromatic nitrogens is 2. The summed E-state index contributed by atoms with van der Waals surface area (Å²) in [6.45, 7) is 4.68. The third-order valence-electron chi connectivity index (χ3n) is 5.54. The zero-order valence-corrected chi connectivity index (χ0v) is 17.8. The zero-order valence-electron chi connectivity index (χ0n) is 17.8.